The minimum atomic E-state index is -3.66. The molecule has 2 aliphatic heterocycles. The number of benzene rings is 1. The molecule has 1 amide bonds. The van der Waals surface area contributed by atoms with Crippen LogP contribution < -0.4 is 16.4 Å². The van der Waals surface area contributed by atoms with Gasteiger partial charge in [0.05, 0.1) is 17.0 Å². The van der Waals surface area contributed by atoms with Crippen LogP contribution in [-0.2, 0) is 13.9 Å². The zero-order valence-electron chi connectivity index (χ0n) is 19.1. The molecule has 0 bridgehead atoms. The lowest BCUT2D eigenvalue weighted by Gasteiger charge is -2.35. The fraction of sp³-hybridized carbons (Fsp3) is 0.545. The van der Waals surface area contributed by atoms with Gasteiger partial charge in [0.25, 0.3) is 5.91 Å². The summed E-state index contributed by atoms with van der Waals surface area (Å²) < 4.78 is 23.0. The molecule has 2 aliphatic rings. The maximum absolute atomic E-state index is 13.5. The number of nitrogen functional groups attached to an aromatic ring is 1. The Labute approximate surface area is 184 Å². The molecule has 2 heterocycles. The van der Waals surface area contributed by atoms with Crippen molar-refractivity contribution in [3.05, 3.63) is 29.5 Å². The number of hydrogen-bond acceptors (Lipinski definition) is 6. The van der Waals surface area contributed by atoms with Crippen molar-refractivity contribution in [2.75, 3.05) is 24.7 Å². The number of aliphatic hydroxyl groups excluding tert-OH is 1. The number of nitrogens with one attached hydrogen (secondary N) is 1. The summed E-state index contributed by atoms with van der Waals surface area (Å²) in [6.45, 7) is 10.7. The van der Waals surface area contributed by atoms with Crippen LogP contribution in [0.15, 0.2) is 34.3 Å². The molecule has 0 spiro atoms. The van der Waals surface area contributed by atoms with Gasteiger partial charge in [-0.25, -0.2) is 0 Å². The number of anilines is 2. The lowest BCUT2D eigenvalue weighted by molar-refractivity contribution is -0.128. The van der Waals surface area contributed by atoms with Gasteiger partial charge in [-0.15, -0.1) is 0 Å². The van der Waals surface area contributed by atoms with E-state index in [0.29, 0.717) is 29.1 Å². The highest BCUT2D eigenvalue weighted by molar-refractivity contribution is 7.66. The predicted molar refractivity (Wildman–Crippen MR) is 125 cm³/mol. The largest absolute Gasteiger partial charge is 0.509 e. The molecule has 0 radical (unpaired) electrons. The van der Waals surface area contributed by atoms with Gasteiger partial charge in [-0.1, -0.05) is 41.0 Å². The Kier molecular flexibility index (Phi) is 6.27. The van der Waals surface area contributed by atoms with E-state index in [2.05, 4.69) is 23.9 Å². The quantitative estimate of drug-likeness (QED) is 0.446. The highest BCUT2D eigenvalue weighted by atomic mass is 31.2. The second-order valence-corrected chi connectivity index (χ2v) is 11.5. The van der Waals surface area contributed by atoms with Crippen LogP contribution in [-0.4, -0.2) is 41.4 Å². The number of nitrogens with zero attached hydrogens (tertiary/aromatic N) is 2. The van der Waals surface area contributed by atoms with Crippen LogP contribution in [0.5, 0.6) is 0 Å². The van der Waals surface area contributed by atoms with Crippen LogP contribution in [0, 0.1) is 11.3 Å². The van der Waals surface area contributed by atoms with E-state index < -0.39 is 19.0 Å². The highest BCUT2D eigenvalue weighted by Gasteiger charge is 2.48. The summed E-state index contributed by atoms with van der Waals surface area (Å²) in [6, 6.07) is 4.38. The lowest BCUT2D eigenvalue weighted by atomic mass is 9.85. The van der Waals surface area contributed by atoms with Crippen molar-refractivity contribution in [2.24, 2.45) is 16.1 Å². The van der Waals surface area contributed by atoms with E-state index in [1.807, 2.05) is 20.8 Å². The van der Waals surface area contributed by atoms with Crippen LogP contribution in [0.4, 0.5) is 11.4 Å². The summed E-state index contributed by atoms with van der Waals surface area (Å²) in [5.74, 6) is 0.129. The number of aliphatic hydroxyl groups is 1. The zero-order chi connectivity index (χ0) is 23.1. The second kappa shape index (κ2) is 8.32. The molecule has 3 rings (SSSR count). The Balaban J connectivity index is 2.06. The normalized spacial score (nSPS) is 24.7. The monoisotopic (exact) mass is 448 g/mol. The first-order valence-corrected chi connectivity index (χ1v) is 12.2. The summed E-state index contributed by atoms with van der Waals surface area (Å²) in [4.78, 5) is 15.2. The summed E-state index contributed by atoms with van der Waals surface area (Å²) >= 11 is 0. The van der Waals surface area contributed by atoms with Gasteiger partial charge in [0.15, 0.2) is 5.84 Å². The Hall–Kier alpha value is -2.31. The molecule has 170 valence electrons. The van der Waals surface area contributed by atoms with Crippen LogP contribution in [0.25, 0.3) is 0 Å². The average Bonchev–Trinajstić information content (AvgIpc) is 2.96. The number of nitrogens with two attached hydrogens (primary N) is 1. The van der Waals surface area contributed by atoms with E-state index >= 15 is 0 Å². The number of carbonyl (C=O) groups is 1. The standard InChI is InChI=1S/C22H33N4O4P/c1-7-13(2)10-11-26-19(22(3,4)5)18(27)17(21(26)28)20-24-15-9-8-14(23)12-16(15)31(29,25-20)30-6/h8-9,12-13,19,27H,7,10-11,23H2,1-6H3,(H,24,25,29). The minimum Gasteiger partial charge on any atom is -0.509 e. The van der Waals surface area contributed by atoms with E-state index in [-0.39, 0.29) is 23.1 Å². The first-order valence-electron chi connectivity index (χ1n) is 10.6. The van der Waals surface area contributed by atoms with Crippen molar-refractivity contribution in [1.29, 1.82) is 0 Å². The van der Waals surface area contributed by atoms with Gasteiger partial charge < -0.3 is 25.6 Å². The number of hydrogen-bond donors (Lipinski definition) is 3. The van der Waals surface area contributed by atoms with Gasteiger partial charge >= 0.3 is 7.52 Å². The van der Waals surface area contributed by atoms with E-state index in [4.69, 9.17) is 10.3 Å². The van der Waals surface area contributed by atoms with E-state index in [1.54, 1.807) is 23.1 Å². The molecule has 4 N–H and O–H groups in total. The molecule has 0 aliphatic carbocycles. The van der Waals surface area contributed by atoms with Crippen LogP contribution in [0.2, 0.25) is 0 Å². The smallest absolute Gasteiger partial charge is 0.348 e. The molecular formula is C22H33N4O4P. The molecule has 3 unspecified atom stereocenters. The Morgan fingerprint density at radius 2 is 2.06 bits per heavy atom. The van der Waals surface area contributed by atoms with Crippen molar-refractivity contribution in [1.82, 2.24) is 4.90 Å². The maximum atomic E-state index is 13.5. The van der Waals surface area contributed by atoms with E-state index in [9.17, 15) is 14.5 Å². The molecule has 0 aromatic heterocycles. The zero-order valence-corrected chi connectivity index (χ0v) is 20.0. The number of amides is 1. The van der Waals surface area contributed by atoms with Crippen LogP contribution in [0.1, 0.15) is 47.5 Å². The Bertz CT molecular complexity index is 996. The predicted octanol–water partition coefficient (Wildman–Crippen LogP) is 4.06. The fourth-order valence-electron chi connectivity index (χ4n) is 4.03. The SMILES string of the molecule is CCC(C)CCN1C(=O)C(C2=NP(=O)(OC)c3cc(N)ccc3N2)=C(O)C1C(C)(C)C. The van der Waals surface area contributed by atoms with Gasteiger partial charge in [-0.3, -0.25) is 9.36 Å². The highest BCUT2D eigenvalue weighted by Crippen LogP contribution is 2.52. The van der Waals surface area contributed by atoms with Crippen molar-refractivity contribution in [3.63, 3.8) is 0 Å². The number of fused-ring (bicyclic) bond motifs is 1. The first kappa shape index (κ1) is 23.4. The summed E-state index contributed by atoms with van der Waals surface area (Å²) in [7, 11) is -2.35. The van der Waals surface area contributed by atoms with Gasteiger partial charge in [0, 0.05) is 19.3 Å². The van der Waals surface area contributed by atoms with Gasteiger partial charge in [0.2, 0.25) is 0 Å². The van der Waals surface area contributed by atoms with Crippen molar-refractivity contribution < 1.29 is 19.0 Å². The molecule has 1 aromatic rings. The van der Waals surface area contributed by atoms with Crippen LogP contribution >= 0.6 is 7.52 Å². The van der Waals surface area contributed by atoms with Gasteiger partial charge in [-0.2, -0.15) is 4.76 Å². The summed E-state index contributed by atoms with van der Waals surface area (Å²) in [6.07, 6.45) is 1.84. The molecule has 0 saturated heterocycles. The van der Waals surface area contributed by atoms with Crippen LogP contribution in [0.3, 0.4) is 0 Å². The molecular weight excluding hydrogens is 415 g/mol. The first-order chi connectivity index (χ1) is 14.4. The number of amidine groups is 1. The second-order valence-electron chi connectivity index (χ2n) is 9.38. The molecule has 1 aromatic carbocycles. The molecule has 8 nitrogen and oxygen atoms in total. The maximum Gasteiger partial charge on any atom is 0.348 e. The van der Waals surface area contributed by atoms with E-state index in [0.717, 1.165) is 12.8 Å². The molecule has 0 saturated carbocycles. The minimum absolute atomic E-state index is 0.0452. The fourth-order valence-corrected chi connectivity index (χ4v) is 5.57. The third kappa shape index (κ3) is 4.23. The van der Waals surface area contributed by atoms with Gasteiger partial charge in [-0.05, 0) is 36.0 Å². The Morgan fingerprint density at radius 3 is 2.65 bits per heavy atom. The molecule has 0 fully saturated rings. The van der Waals surface area contributed by atoms with Gasteiger partial charge in [0.1, 0.15) is 11.3 Å². The summed E-state index contributed by atoms with van der Waals surface area (Å²) in [5, 5.41) is 14.6. The Morgan fingerprint density at radius 1 is 1.39 bits per heavy atom. The molecule has 3 atom stereocenters. The number of rotatable bonds is 6. The van der Waals surface area contributed by atoms with Crippen molar-refractivity contribution in [2.45, 2.75) is 53.5 Å². The molecule has 9 heteroatoms. The van der Waals surface area contributed by atoms with Crippen molar-refractivity contribution in [3.8, 4) is 0 Å². The topological polar surface area (TPSA) is 117 Å². The average molecular weight is 449 g/mol. The lowest BCUT2D eigenvalue weighted by Crippen LogP contribution is -2.45. The third-order valence-corrected chi connectivity index (χ3v) is 7.91. The third-order valence-electron chi connectivity index (χ3n) is 5.98. The molecule has 31 heavy (non-hydrogen) atoms. The summed E-state index contributed by atoms with van der Waals surface area (Å²) in [5.41, 5.74) is 6.41. The van der Waals surface area contributed by atoms with E-state index in [1.165, 1.54) is 7.11 Å². The number of carbonyl (C=O) groups excluding carboxylic acids is 1. The van der Waals surface area contributed by atoms with Crippen molar-refractivity contribution >= 4 is 35.9 Å².